The molecule has 1 aromatic rings. The van der Waals surface area contributed by atoms with Crippen molar-refractivity contribution >= 4 is 0 Å². The molecule has 2 aliphatic heterocycles. The SMILES string of the molecule is CC1CCNC(c2nc(CC3CCOC3)no2)C1. The highest BCUT2D eigenvalue weighted by molar-refractivity contribution is 4.96. The number of piperidine rings is 1. The van der Waals surface area contributed by atoms with E-state index in [-0.39, 0.29) is 6.04 Å². The number of rotatable bonds is 3. The number of hydrogen-bond acceptors (Lipinski definition) is 5. The van der Waals surface area contributed by atoms with Gasteiger partial charge < -0.3 is 14.6 Å². The van der Waals surface area contributed by atoms with E-state index in [9.17, 15) is 0 Å². The maximum Gasteiger partial charge on any atom is 0.243 e. The lowest BCUT2D eigenvalue weighted by Gasteiger charge is -2.25. The van der Waals surface area contributed by atoms with Crippen LogP contribution in [0.25, 0.3) is 0 Å². The monoisotopic (exact) mass is 251 g/mol. The van der Waals surface area contributed by atoms with Crippen molar-refractivity contribution in [3.05, 3.63) is 11.7 Å². The Morgan fingerprint density at radius 1 is 1.39 bits per heavy atom. The van der Waals surface area contributed by atoms with Gasteiger partial charge in [-0.3, -0.25) is 0 Å². The number of hydrogen-bond donors (Lipinski definition) is 1. The summed E-state index contributed by atoms with van der Waals surface area (Å²) in [7, 11) is 0. The summed E-state index contributed by atoms with van der Waals surface area (Å²) in [5, 5.41) is 7.55. The van der Waals surface area contributed by atoms with E-state index in [0.717, 1.165) is 56.7 Å². The Morgan fingerprint density at radius 2 is 2.33 bits per heavy atom. The van der Waals surface area contributed by atoms with Gasteiger partial charge in [0.25, 0.3) is 0 Å². The second-order valence-corrected chi connectivity index (χ2v) is 5.62. The third-order valence-corrected chi connectivity index (χ3v) is 3.94. The molecule has 18 heavy (non-hydrogen) atoms. The van der Waals surface area contributed by atoms with Crippen molar-refractivity contribution in [2.45, 2.75) is 38.6 Å². The summed E-state index contributed by atoms with van der Waals surface area (Å²) in [6, 6.07) is 0.245. The zero-order chi connectivity index (χ0) is 12.4. The van der Waals surface area contributed by atoms with Crippen LogP contribution in [0.4, 0.5) is 0 Å². The van der Waals surface area contributed by atoms with E-state index in [1.165, 1.54) is 6.42 Å². The molecule has 100 valence electrons. The fourth-order valence-corrected chi connectivity index (χ4v) is 2.79. The van der Waals surface area contributed by atoms with Crippen LogP contribution in [0.5, 0.6) is 0 Å². The minimum absolute atomic E-state index is 0.245. The number of nitrogens with one attached hydrogen (secondary N) is 1. The van der Waals surface area contributed by atoms with Gasteiger partial charge in [0.05, 0.1) is 6.04 Å². The van der Waals surface area contributed by atoms with Crippen LogP contribution in [-0.4, -0.2) is 29.9 Å². The van der Waals surface area contributed by atoms with E-state index in [1.54, 1.807) is 0 Å². The van der Waals surface area contributed by atoms with Gasteiger partial charge in [-0.05, 0) is 37.6 Å². The molecule has 3 atom stereocenters. The van der Waals surface area contributed by atoms with Gasteiger partial charge in [0.1, 0.15) is 0 Å². The Labute approximate surface area is 107 Å². The molecule has 0 aliphatic carbocycles. The first-order valence-corrected chi connectivity index (χ1v) is 6.95. The maximum absolute atomic E-state index is 5.40. The molecule has 1 N–H and O–H groups in total. The number of nitrogens with zero attached hydrogens (tertiary/aromatic N) is 2. The molecule has 0 saturated carbocycles. The molecule has 5 heteroatoms. The van der Waals surface area contributed by atoms with Crippen molar-refractivity contribution in [2.75, 3.05) is 19.8 Å². The smallest absolute Gasteiger partial charge is 0.243 e. The van der Waals surface area contributed by atoms with Gasteiger partial charge >= 0.3 is 0 Å². The van der Waals surface area contributed by atoms with Crippen LogP contribution in [-0.2, 0) is 11.2 Å². The van der Waals surface area contributed by atoms with E-state index >= 15 is 0 Å². The Bertz CT molecular complexity index is 387. The zero-order valence-corrected chi connectivity index (χ0v) is 10.9. The van der Waals surface area contributed by atoms with Crippen molar-refractivity contribution in [2.24, 2.45) is 11.8 Å². The molecule has 3 unspecified atom stereocenters. The minimum atomic E-state index is 0.245. The molecule has 3 rings (SSSR count). The van der Waals surface area contributed by atoms with E-state index < -0.39 is 0 Å². The van der Waals surface area contributed by atoms with Crippen molar-refractivity contribution in [1.82, 2.24) is 15.5 Å². The van der Waals surface area contributed by atoms with E-state index in [1.807, 2.05) is 0 Å². The third-order valence-electron chi connectivity index (χ3n) is 3.94. The molecule has 0 radical (unpaired) electrons. The summed E-state index contributed by atoms with van der Waals surface area (Å²) >= 11 is 0. The second-order valence-electron chi connectivity index (χ2n) is 5.62. The summed E-state index contributed by atoms with van der Waals surface area (Å²) < 4.78 is 10.8. The van der Waals surface area contributed by atoms with Crippen LogP contribution in [0.3, 0.4) is 0 Å². The Balaban J connectivity index is 1.61. The Kier molecular flexibility index (Phi) is 3.61. The van der Waals surface area contributed by atoms with Crippen LogP contribution in [0.1, 0.15) is 43.9 Å². The largest absolute Gasteiger partial charge is 0.381 e. The average Bonchev–Trinajstić information content (AvgIpc) is 3.01. The highest BCUT2D eigenvalue weighted by Gasteiger charge is 2.25. The first-order valence-electron chi connectivity index (χ1n) is 6.95. The standard InChI is InChI=1S/C13H21N3O2/c1-9-2-4-14-11(6-9)13-15-12(16-18-13)7-10-3-5-17-8-10/h9-11,14H,2-8H2,1H3. The molecule has 0 amide bonds. The number of aromatic nitrogens is 2. The molecule has 2 fully saturated rings. The van der Waals surface area contributed by atoms with E-state index in [4.69, 9.17) is 9.26 Å². The van der Waals surface area contributed by atoms with Gasteiger partial charge in [0, 0.05) is 19.6 Å². The molecular weight excluding hydrogens is 230 g/mol. The molecule has 0 aromatic carbocycles. The van der Waals surface area contributed by atoms with Gasteiger partial charge in [0.15, 0.2) is 5.82 Å². The van der Waals surface area contributed by atoms with Crippen molar-refractivity contribution in [3.8, 4) is 0 Å². The molecule has 0 bridgehead atoms. The van der Waals surface area contributed by atoms with Crippen LogP contribution < -0.4 is 5.32 Å². The summed E-state index contributed by atoms with van der Waals surface area (Å²) in [4.78, 5) is 4.54. The van der Waals surface area contributed by atoms with Crippen molar-refractivity contribution < 1.29 is 9.26 Å². The minimum Gasteiger partial charge on any atom is -0.381 e. The first kappa shape index (κ1) is 12.1. The lowest BCUT2D eigenvalue weighted by molar-refractivity contribution is 0.185. The molecule has 2 saturated heterocycles. The predicted molar refractivity (Wildman–Crippen MR) is 66.1 cm³/mol. The summed E-state index contributed by atoms with van der Waals surface area (Å²) in [5.74, 6) is 2.89. The van der Waals surface area contributed by atoms with Gasteiger partial charge in [-0.1, -0.05) is 12.1 Å². The fourth-order valence-electron chi connectivity index (χ4n) is 2.79. The van der Waals surface area contributed by atoms with Crippen LogP contribution in [0, 0.1) is 11.8 Å². The van der Waals surface area contributed by atoms with Crippen LogP contribution in [0.2, 0.25) is 0 Å². The summed E-state index contributed by atoms with van der Waals surface area (Å²) in [5.41, 5.74) is 0. The first-order chi connectivity index (χ1) is 8.81. The molecule has 1 aromatic heterocycles. The second kappa shape index (κ2) is 5.36. The lowest BCUT2D eigenvalue weighted by atomic mass is 9.94. The van der Waals surface area contributed by atoms with Crippen molar-refractivity contribution in [1.29, 1.82) is 0 Å². The highest BCUT2D eigenvalue weighted by Crippen LogP contribution is 2.26. The van der Waals surface area contributed by atoms with Gasteiger partial charge in [-0.2, -0.15) is 4.98 Å². The average molecular weight is 251 g/mol. The van der Waals surface area contributed by atoms with Gasteiger partial charge in [0.2, 0.25) is 5.89 Å². The number of ether oxygens (including phenoxy) is 1. The molecule has 5 nitrogen and oxygen atoms in total. The predicted octanol–water partition coefficient (Wildman–Crippen LogP) is 1.71. The lowest BCUT2D eigenvalue weighted by Crippen LogP contribution is -2.30. The van der Waals surface area contributed by atoms with Crippen LogP contribution in [0.15, 0.2) is 4.52 Å². The van der Waals surface area contributed by atoms with Gasteiger partial charge in [-0.25, -0.2) is 0 Å². The Hall–Kier alpha value is -0.940. The quantitative estimate of drug-likeness (QED) is 0.886. The highest BCUT2D eigenvalue weighted by atomic mass is 16.5. The topological polar surface area (TPSA) is 60.2 Å². The normalized spacial score (nSPS) is 32.8. The fraction of sp³-hybridized carbons (Fsp3) is 0.846. The van der Waals surface area contributed by atoms with Crippen LogP contribution >= 0.6 is 0 Å². The Morgan fingerprint density at radius 3 is 3.11 bits per heavy atom. The third kappa shape index (κ3) is 2.72. The summed E-state index contributed by atoms with van der Waals surface area (Å²) in [6.07, 6.45) is 4.32. The van der Waals surface area contributed by atoms with Crippen molar-refractivity contribution in [3.63, 3.8) is 0 Å². The maximum atomic E-state index is 5.40. The molecule has 3 heterocycles. The molecule has 0 spiro atoms. The van der Waals surface area contributed by atoms with E-state index in [2.05, 4.69) is 22.4 Å². The summed E-state index contributed by atoms with van der Waals surface area (Å²) in [6.45, 7) is 5.03. The molecular formula is C13H21N3O2. The zero-order valence-electron chi connectivity index (χ0n) is 10.9. The molecule has 2 aliphatic rings. The van der Waals surface area contributed by atoms with E-state index in [0.29, 0.717) is 5.92 Å². The van der Waals surface area contributed by atoms with Gasteiger partial charge in [-0.15, -0.1) is 0 Å².